The monoisotopic (exact) mass is 249 g/mol. The van der Waals surface area contributed by atoms with Crippen molar-refractivity contribution in [1.29, 1.82) is 0 Å². The van der Waals surface area contributed by atoms with E-state index < -0.39 is 0 Å². The first-order chi connectivity index (χ1) is 8.47. The number of nitrogen functional groups attached to an aromatic ring is 1. The van der Waals surface area contributed by atoms with Gasteiger partial charge in [-0.25, -0.2) is 4.98 Å². The zero-order chi connectivity index (χ0) is 13.3. The SMILES string of the molecule is Cc1nc(N)c(C)c(OC2CCC(C)C(C)C2)n1. The number of hydrogen-bond acceptors (Lipinski definition) is 4. The first kappa shape index (κ1) is 13.1. The van der Waals surface area contributed by atoms with E-state index in [1.807, 2.05) is 13.8 Å². The summed E-state index contributed by atoms with van der Waals surface area (Å²) in [4.78, 5) is 8.50. The van der Waals surface area contributed by atoms with Crippen LogP contribution in [0.15, 0.2) is 0 Å². The van der Waals surface area contributed by atoms with Crippen molar-refractivity contribution in [3.63, 3.8) is 0 Å². The van der Waals surface area contributed by atoms with Gasteiger partial charge >= 0.3 is 0 Å². The Labute approximate surface area is 109 Å². The maximum atomic E-state index is 6.04. The number of rotatable bonds is 2. The first-order valence-electron chi connectivity index (χ1n) is 6.74. The molecule has 1 aromatic rings. The molecule has 100 valence electrons. The van der Waals surface area contributed by atoms with Gasteiger partial charge in [0.05, 0.1) is 5.56 Å². The zero-order valence-corrected chi connectivity index (χ0v) is 11.7. The molecule has 3 atom stereocenters. The maximum absolute atomic E-state index is 6.04. The second-order valence-corrected chi connectivity index (χ2v) is 5.59. The molecule has 0 saturated heterocycles. The molecule has 1 fully saturated rings. The molecule has 4 nitrogen and oxygen atoms in total. The van der Waals surface area contributed by atoms with Crippen molar-refractivity contribution in [2.45, 2.75) is 53.1 Å². The Morgan fingerprint density at radius 1 is 1.11 bits per heavy atom. The lowest BCUT2D eigenvalue weighted by molar-refractivity contribution is 0.0955. The van der Waals surface area contributed by atoms with E-state index in [1.165, 1.54) is 6.42 Å². The van der Waals surface area contributed by atoms with Crippen molar-refractivity contribution >= 4 is 5.82 Å². The Balaban J connectivity index is 2.10. The zero-order valence-electron chi connectivity index (χ0n) is 11.7. The van der Waals surface area contributed by atoms with E-state index in [-0.39, 0.29) is 6.10 Å². The van der Waals surface area contributed by atoms with Crippen LogP contribution in [0.25, 0.3) is 0 Å². The smallest absolute Gasteiger partial charge is 0.222 e. The van der Waals surface area contributed by atoms with Gasteiger partial charge in [0, 0.05) is 0 Å². The molecule has 1 aromatic heterocycles. The molecule has 1 heterocycles. The molecule has 0 amide bonds. The van der Waals surface area contributed by atoms with Crippen LogP contribution in [-0.2, 0) is 0 Å². The van der Waals surface area contributed by atoms with Crippen molar-refractivity contribution in [2.75, 3.05) is 5.73 Å². The minimum absolute atomic E-state index is 0.267. The van der Waals surface area contributed by atoms with Crippen molar-refractivity contribution in [3.8, 4) is 5.88 Å². The molecule has 1 aliphatic carbocycles. The Kier molecular flexibility index (Phi) is 3.73. The van der Waals surface area contributed by atoms with Gasteiger partial charge in [-0.05, 0) is 44.9 Å². The molecular formula is C14H23N3O. The topological polar surface area (TPSA) is 61.0 Å². The van der Waals surface area contributed by atoms with Crippen molar-refractivity contribution in [3.05, 3.63) is 11.4 Å². The normalized spacial score (nSPS) is 28.1. The second-order valence-electron chi connectivity index (χ2n) is 5.59. The molecule has 0 bridgehead atoms. The third kappa shape index (κ3) is 2.74. The third-order valence-corrected chi connectivity index (χ3v) is 4.08. The Hall–Kier alpha value is -1.32. The number of aromatic nitrogens is 2. The van der Waals surface area contributed by atoms with E-state index in [1.54, 1.807) is 0 Å². The molecular weight excluding hydrogens is 226 g/mol. The summed E-state index contributed by atoms with van der Waals surface area (Å²) in [6.45, 7) is 8.37. The van der Waals surface area contributed by atoms with Crippen molar-refractivity contribution in [2.24, 2.45) is 11.8 Å². The van der Waals surface area contributed by atoms with Crippen LogP contribution >= 0.6 is 0 Å². The molecule has 0 aliphatic heterocycles. The number of hydrogen-bond donors (Lipinski definition) is 1. The van der Waals surface area contributed by atoms with Crippen LogP contribution in [-0.4, -0.2) is 16.1 Å². The standard InChI is InChI=1S/C14H23N3O/c1-8-5-6-12(7-9(8)2)18-14-10(3)13(15)16-11(4)17-14/h8-9,12H,5-7H2,1-4H3,(H2,15,16,17). The summed E-state index contributed by atoms with van der Waals surface area (Å²) in [7, 11) is 0. The van der Waals surface area contributed by atoms with E-state index in [4.69, 9.17) is 10.5 Å². The predicted octanol–water partition coefficient (Wildman–Crippen LogP) is 2.88. The lowest BCUT2D eigenvalue weighted by Gasteiger charge is -2.32. The van der Waals surface area contributed by atoms with E-state index in [2.05, 4.69) is 23.8 Å². The lowest BCUT2D eigenvalue weighted by atomic mass is 9.80. The fourth-order valence-corrected chi connectivity index (χ4v) is 2.50. The summed E-state index contributed by atoms with van der Waals surface area (Å²) < 4.78 is 6.04. The van der Waals surface area contributed by atoms with Gasteiger partial charge in [0.1, 0.15) is 17.7 Å². The van der Waals surface area contributed by atoms with Crippen molar-refractivity contribution in [1.82, 2.24) is 9.97 Å². The van der Waals surface area contributed by atoms with Gasteiger partial charge in [-0.2, -0.15) is 4.98 Å². The predicted molar refractivity (Wildman–Crippen MR) is 72.5 cm³/mol. The number of ether oxygens (including phenoxy) is 1. The van der Waals surface area contributed by atoms with Gasteiger partial charge in [0.2, 0.25) is 5.88 Å². The molecule has 1 aliphatic rings. The fourth-order valence-electron chi connectivity index (χ4n) is 2.50. The van der Waals surface area contributed by atoms with Crippen LogP contribution in [0.1, 0.15) is 44.5 Å². The van der Waals surface area contributed by atoms with Crippen LogP contribution in [0, 0.1) is 25.7 Å². The van der Waals surface area contributed by atoms with E-state index in [0.29, 0.717) is 23.4 Å². The quantitative estimate of drug-likeness (QED) is 0.875. The molecule has 0 radical (unpaired) electrons. The maximum Gasteiger partial charge on any atom is 0.222 e. The molecule has 4 heteroatoms. The summed E-state index contributed by atoms with van der Waals surface area (Å²) in [5, 5.41) is 0. The molecule has 0 spiro atoms. The molecule has 3 unspecified atom stereocenters. The third-order valence-electron chi connectivity index (χ3n) is 4.08. The number of nitrogens with zero attached hydrogens (tertiary/aromatic N) is 2. The molecule has 2 N–H and O–H groups in total. The largest absolute Gasteiger partial charge is 0.474 e. The summed E-state index contributed by atoms with van der Waals surface area (Å²) in [5.74, 6) is 3.36. The van der Waals surface area contributed by atoms with Crippen LogP contribution < -0.4 is 10.5 Å². The lowest BCUT2D eigenvalue weighted by Crippen LogP contribution is -2.29. The van der Waals surface area contributed by atoms with Gasteiger partial charge in [-0.1, -0.05) is 13.8 Å². The summed E-state index contributed by atoms with van der Waals surface area (Å²) in [6.07, 6.45) is 3.70. The van der Waals surface area contributed by atoms with Crippen LogP contribution in [0.3, 0.4) is 0 Å². The summed E-state index contributed by atoms with van der Waals surface area (Å²) in [6, 6.07) is 0. The number of nitrogens with two attached hydrogens (primary N) is 1. The molecule has 1 saturated carbocycles. The number of aryl methyl sites for hydroxylation is 1. The molecule has 0 aromatic carbocycles. The first-order valence-corrected chi connectivity index (χ1v) is 6.74. The highest BCUT2D eigenvalue weighted by Gasteiger charge is 2.26. The van der Waals surface area contributed by atoms with Crippen LogP contribution in [0.5, 0.6) is 5.88 Å². The highest BCUT2D eigenvalue weighted by atomic mass is 16.5. The average Bonchev–Trinajstić information content (AvgIpc) is 2.30. The van der Waals surface area contributed by atoms with Gasteiger partial charge in [-0.15, -0.1) is 0 Å². The fraction of sp³-hybridized carbons (Fsp3) is 0.714. The van der Waals surface area contributed by atoms with Gasteiger partial charge in [0.15, 0.2) is 0 Å². The minimum atomic E-state index is 0.267. The second kappa shape index (κ2) is 5.12. The van der Waals surface area contributed by atoms with Gasteiger partial charge < -0.3 is 10.5 Å². The highest BCUT2D eigenvalue weighted by molar-refractivity contribution is 5.44. The Morgan fingerprint density at radius 2 is 1.83 bits per heavy atom. The van der Waals surface area contributed by atoms with Gasteiger partial charge in [0.25, 0.3) is 0 Å². The van der Waals surface area contributed by atoms with Crippen molar-refractivity contribution < 1.29 is 4.74 Å². The van der Waals surface area contributed by atoms with Crippen LogP contribution in [0.2, 0.25) is 0 Å². The summed E-state index contributed by atoms with van der Waals surface area (Å²) in [5.41, 5.74) is 6.70. The van der Waals surface area contributed by atoms with E-state index in [9.17, 15) is 0 Å². The average molecular weight is 249 g/mol. The highest BCUT2D eigenvalue weighted by Crippen LogP contribution is 2.32. The summed E-state index contributed by atoms with van der Waals surface area (Å²) >= 11 is 0. The molecule has 2 rings (SSSR count). The van der Waals surface area contributed by atoms with E-state index >= 15 is 0 Å². The molecule has 18 heavy (non-hydrogen) atoms. The Morgan fingerprint density at radius 3 is 2.50 bits per heavy atom. The van der Waals surface area contributed by atoms with E-state index in [0.717, 1.165) is 24.3 Å². The van der Waals surface area contributed by atoms with Crippen LogP contribution in [0.4, 0.5) is 5.82 Å². The Bertz CT molecular complexity index is 433. The number of anilines is 1. The minimum Gasteiger partial charge on any atom is -0.474 e. The van der Waals surface area contributed by atoms with Gasteiger partial charge in [-0.3, -0.25) is 0 Å².